The molecule has 1 aliphatic rings. The first-order chi connectivity index (χ1) is 11.1. The molecule has 3 rings (SSSR count). The van der Waals surface area contributed by atoms with E-state index in [4.69, 9.17) is 11.6 Å². The van der Waals surface area contributed by atoms with Crippen LogP contribution in [0, 0.1) is 0 Å². The third kappa shape index (κ3) is 3.08. The minimum atomic E-state index is -0.282. The summed E-state index contributed by atoms with van der Waals surface area (Å²) in [5, 5.41) is 3.42. The molecule has 0 bridgehead atoms. The quantitative estimate of drug-likeness (QED) is 0.923. The Balaban J connectivity index is 1.87. The van der Waals surface area contributed by atoms with E-state index in [1.165, 1.54) is 0 Å². The van der Waals surface area contributed by atoms with Crippen LogP contribution < -0.4 is 5.32 Å². The number of anilines is 1. The van der Waals surface area contributed by atoms with Crippen molar-refractivity contribution in [1.29, 1.82) is 0 Å². The molecule has 0 radical (unpaired) electrons. The molecule has 0 unspecified atom stereocenters. The monoisotopic (exact) mass is 328 g/mol. The number of rotatable bonds is 4. The summed E-state index contributed by atoms with van der Waals surface area (Å²) >= 11 is 5.84. The summed E-state index contributed by atoms with van der Waals surface area (Å²) in [7, 11) is 0. The predicted molar refractivity (Wildman–Crippen MR) is 90.9 cm³/mol. The van der Waals surface area contributed by atoms with E-state index in [1.807, 2.05) is 19.1 Å². The minimum Gasteiger partial charge on any atom is -0.334 e. The van der Waals surface area contributed by atoms with Gasteiger partial charge in [-0.05, 0) is 42.3 Å². The molecule has 23 heavy (non-hydrogen) atoms. The number of fused-ring (bicyclic) bond motifs is 1. The van der Waals surface area contributed by atoms with Crippen LogP contribution in [-0.4, -0.2) is 23.3 Å². The van der Waals surface area contributed by atoms with Gasteiger partial charge in [-0.25, -0.2) is 0 Å². The maximum Gasteiger partial charge on any atom is 0.256 e. The Labute approximate surface area is 140 Å². The maximum absolute atomic E-state index is 12.6. The van der Waals surface area contributed by atoms with Crippen LogP contribution in [0.4, 0.5) is 5.69 Å². The normalized spacial score (nSPS) is 13.1. The van der Waals surface area contributed by atoms with Crippen LogP contribution in [0.25, 0.3) is 0 Å². The zero-order chi connectivity index (χ0) is 16.4. The lowest BCUT2D eigenvalue weighted by Gasteiger charge is -2.13. The second kappa shape index (κ2) is 6.42. The van der Waals surface area contributed by atoms with E-state index >= 15 is 0 Å². The number of halogens is 1. The van der Waals surface area contributed by atoms with Gasteiger partial charge in [0.05, 0.1) is 11.1 Å². The standard InChI is InChI=1S/C18H17ClN2O2/c1-2-10-21-11-12-4-3-5-15(16(12)18(21)23)17(22)20-14-8-6-13(19)7-9-14/h3-9H,2,10-11H2,1H3,(H,20,22). The molecule has 2 aromatic rings. The third-order valence-electron chi connectivity index (χ3n) is 3.85. The number of carbonyl (C=O) groups excluding carboxylic acids is 2. The molecule has 2 amide bonds. The van der Waals surface area contributed by atoms with E-state index in [-0.39, 0.29) is 11.8 Å². The van der Waals surface area contributed by atoms with Gasteiger partial charge < -0.3 is 10.2 Å². The van der Waals surface area contributed by atoms with Crippen LogP contribution in [0.1, 0.15) is 39.6 Å². The van der Waals surface area contributed by atoms with Crippen molar-refractivity contribution in [2.24, 2.45) is 0 Å². The molecule has 2 aromatic carbocycles. The van der Waals surface area contributed by atoms with Gasteiger partial charge >= 0.3 is 0 Å². The average Bonchev–Trinajstić information content (AvgIpc) is 2.86. The van der Waals surface area contributed by atoms with Crippen molar-refractivity contribution in [1.82, 2.24) is 4.90 Å². The van der Waals surface area contributed by atoms with Gasteiger partial charge in [-0.1, -0.05) is 30.7 Å². The lowest BCUT2D eigenvalue weighted by molar-refractivity contribution is 0.0774. The number of nitrogens with zero attached hydrogens (tertiary/aromatic N) is 1. The summed E-state index contributed by atoms with van der Waals surface area (Å²) in [4.78, 5) is 26.9. The third-order valence-corrected chi connectivity index (χ3v) is 4.11. The molecule has 118 valence electrons. The van der Waals surface area contributed by atoms with Gasteiger partial charge in [0.15, 0.2) is 0 Å². The Kier molecular flexibility index (Phi) is 4.35. The lowest BCUT2D eigenvalue weighted by atomic mass is 10.0. The fraction of sp³-hybridized carbons (Fsp3) is 0.222. The molecule has 0 atom stereocenters. The van der Waals surface area contributed by atoms with Gasteiger partial charge in [0.25, 0.3) is 11.8 Å². The van der Waals surface area contributed by atoms with E-state index in [0.29, 0.717) is 34.9 Å². The van der Waals surface area contributed by atoms with E-state index in [1.54, 1.807) is 35.2 Å². The molecule has 1 N–H and O–H groups in total. The molecule has 5 heteroatoms. The highest BCUT2D eigenvalue weighted by molar-refractivity contribution is 6.30. The van der Waals surface area contributed by atoms with Crippen molar-refractivity contribution in [2.45, 2.75) is 19.9 Å². The summed E-state index contributed by atoms with van der Waals surface area (Å²) in [5.74, 6) is -0.348. The van der Waals surface area contributed by atoms with E-state index in [9.17, 15) is 9.59 Å². The first kappa shape index (κ1) is 15.6. The summed E-state index contributed by atoms with van der Waals surface area (Å²) in [6, 6.07) is 12.3. The molecule has 0 aromatic heterocycles. The Morgan fingerprint density at radius 2 is 1.96 bits per heavy atom. The van der Waals surface area contributed by atoms with Crippen molar-refractivity contribution >= 4 is 29.1 Å². The second-order valence-corrected chi connectivity index (χ2v) is 5.96. The predicted octanol–water partition coefficient (Wildman–Crippen LogP) is 3.96. The highest BCUT2D eigenvalue weighted by atomic mass is 35.5. The fourth-order valence-corrected chi connectivity index (χ4v) is 2.92. The molecule has 0 fully saturated rings. The summed E-state index contributed by atoms with van der Waals surface area (Å²) < 4.78 is 0. The van der Waals surface area contributed by atoms with Crippen molar-refractivity contribution < 1.29 is 9.59 Å². The van der Waals surface area contributed by atoms with Crippen LogP contribution in [0.2, 0.25) is 5.02 Å². The minimum absolute atomic E-state index is 0.0660. The van der Waals surface area contributed by atoms with Crippen LogP contribution in [0.15, 0.2) is 42.5 Å². The summed E-state index contributed by atoms with van der Waals surface area (Å²) in [5.41, 5.74) is 2.49. The molecule has 0 aliphatic carbocycles. The topological polar surface area (TPSA) is 49.4 Å². The van der Waals surface area contributed by atoms with Crippen LogP contribution in [-0.2, 0) is 6.54 Å². The van der Waals surface area contributed by atoms with Gasteiger partial charge in [-0.15, -0.1) is 0 Å². The smallest absolute Gasteiger partial charge is 0.256 e. The molecule has 0 saturated carbocycles. The highest BCUT2D eigenvalue weighted by Gasteiger charge is 2.31. The molecule has 0 spiro atoms. The van der Waals surface area contributed by atoms with E-state index < -0.39 is 0 Å². The molecule has 1 aliphatic heterocycles. The van der Waals surface area contributed by atoms with Gasteiger partial charge in [0.1, 0.15) is 0 Å². The summed E-state index contributed by atoms with van der Waals surface area (Å²) in [6.07, 6.45) is 0.895. The van der Waals surface area contributed by atoms with Crippen molar-refractivity contribution in [3.63, 3.8) is 0 Å². The van der Waals surface area contributed by atoms with E-state index in [0.717, 1.165) is 12.0 Å². The number of nitrogens with one attached hydrogen (secondary N) is 1. The average molecular weight is 329 g/mol. The van der Waals surface area contributed by atoms with Gasteiger partial charge in [-0.2, -0.15) is 0 Å². The zero-order valence-corrected chi connectivity index (χ0v) is 13.6. The number of benzene rings is 2. The lowest BCUT2D eigenvalue weighted by Crippen LogP contribution is -2.26. The Bertz CT molecular complexity index is 756. The van der Waals surface area contributed by atoms with Gasteiger partial charge in [-0.3, -0.25) is 9.59 Å². The van der Waals surface area contributed by atoms with Gasteiger partial charge in [0, 0.05) is 23.8 Å². The molecular formula is C18H17ClN2O2. The first-order valence-corrected chi connectivity index (χ1v) is 7.96. The molecule has 4 nitrogen and oxygen atoms in total. The molecule has 1 heterocycles. The Morgan fingerprint density at radius 1 is 1.22 bits per heavy atom. The maximum atomic E-state index is 12.6. The van der Waals surface area contributed by atoms with Crippen molar-refractivity contribution in [2.75, 3.05) is 11.9 Å². The number of carbonyl (C=O) groups is 2. The van der Waals surface area contributed by atoms with E-state index in [2.05, 4.69) is 5.32 Å². The zero-order valence-electron chi connectivity index (χ0n) is 12.8. The number of amides is 2. The van der Waals surface area contributed by atoms with Crippen LogP contribution >= 0.6 is 11.6 Å². The Hall–Kier alpha value is -2.33. The molecular weight excluding hydrogens is 312 g/mol. The first-order valence-electron chi connectivity index (χ1n) is 7.58. The number of hydrogen-bond acceptors (Lipinski definition) is 2. The summed E-state index contributed by atoms with van der Waals surface area (Å²) in [6.45, 7) is 3.31. The van der Waals surface area contributed by atoms with Crippen molar-refractivity contribution in [3.8, 4) is 0 Å². The largest absolute Gasteiger partial charge is 0.334 e. The van der Waals surface area contributed by atoms with Crippen molar-refractivity contribution in [3.05, 3.63) is 64.2 Å². The fourth-order valence-electron chi connectivity index (χ4n) is 2.79. The second-order valence-electron chi connectivity index (χ2n) is 5.53. The SMILES string of the molecule is CCCN1Cc2cccc(C(=O)Nc3ccc(Cl)cc3)c2C1=O. The number of hydrogen-bond donors (Lipinski definition) is 1. The van der Waals surface area contributed by atoms with Crippen LogP contribution in [0.5, 0.6) is 0 Å². The highest BCUT2D eigenvalue weighted by Crippen LogP contribution is 2.27. The Morgan fingerprint density at radius 3 is 2.65 bits per heavy atom. The van der Waals surface area contributed by atoms with Gasteiger partial charge in [0.2, 0.25) is 0 Å². The molecule has 0 saturated heterocycles. The van der Waals surface area contributed by atoms with Crippen LogP contribution in [0.3, 0.4) is 0 Å².